The van der Waals surface area contributed by atoms with E-state index in [-0.39, 0.29) is 18.1 Å². The minimum absolute atomic E-state index is 0.00325. The lowest BCUT2D eigenvalue weighted by Crippen LogP contribution is -2.50. The van der Waals surface area contributed by atoms with E-state index in [9.17, 15) is 13.2 Å². The number of rotatable bonds is 4. The Morgan fingerprint density at radius 3 is 2.44 bits per heavy atom. The van der Waals surface area contributed by atoms with Crippen LogP contribution in [0.1, 0.15) is 38.5 Å². The van der Waals surface area contributed by atoms with Gasteiger partial charge in [0.15, 0.2) is 0 Å². The highest BCUT2D eigenvalue weighted by Crippen LogP contribution is 2.32. The summed E-state index contributed by atoms with van der Waals surface area (Å²) in [5.74, 6) is 0. The van der Waals surface area contributed by atoms with Crippen molar-refractivity contribution in [1.29, 1.82) is 0 Å². The minimum Gasteiger partial charge on any atom is -0.324 e. The van der Waals surface area contributed by atoms with Crippen LogP contribution in [0.25, 0.3) is 0 Å². The molecule has 2 heterocycles. The highest BCUT2D eigenvalue weighted by atomic mass is 32.2. The van der Waals surface area contributed by atoms with E-state index in [0.717, 1.165) is 32.1 Å². The molecule has 1 unspecified atom stereocenters. The van der Waals surface area contributed by atoms with Gasteiger partial charge in [-0.2, -0.15) is 9.40 Å². The quantitative estimate of drug-likeness (QED) is 0.874. The molecule has 0 spiro atoms. The first kappa shape index (κ1) is 18.2. The van der Waals surface area contributed by atoms with E-state index in [1.807, 2.05) is 0 Å². The topological polar surface area (TPSA) is 87.5 Å². The van der Waals surface area contributed by atoms with Crippen molar-refractivity contribution in [3.8, 4) is 0 Å². The molecule has 1 aromatic rings. The van der Waals surface area contributed by atoms with E-state index < -0.39 is 10.0 Å². The number of likely N-dealkylation sites (tertiary alicyclic amines) is 1. The van der Waals surface area contributed by atoms with Crippen molar-refractivity contribution in [2.45, 2.75) is 50.6 Å². The number of sulfonamides is 1. The largest absolute Gasteiger partial charge is 0.324 e. The van der Waals surface area contributed by atoms with Crippen molar-refractivity contribution in [2.75, 3.05) is 24.7 Å². The van der Waals surface area contributed by atoms with Gasteiger partial charge < -0.3 is 10.2 Å². The highest BCUT2D eigenvalue weighted by Gasteiger charge is 2.37. The molecule has 1 atom stereocenters. The molecule has 0 radical (unpaired) electrons. The van der Waals surface area contributed by atoms with Crippen LogP contribution in [0.4, 0.5) is 10.5 Å². The van der Waals surface area contributed by atoms with Crippen LogP contribution in [0.15, 0.2) is 12.4 Å². The number of urea groups is 1. The zero-order valence-corrected chi connectivity index (χ0v) is 15.7. The standard InChI is InChI=1S/C16H27N5O3S/c1-19-12-13(11-17-19)18-16(22)20-9-4-7-15(8-10-20)21(25(2,23)24)14-5-3-6-14/h11-12,14-15H,3-10H2,1-2H3,(H,18,22). The molecule has 1 aliphatic carbocycles. The molecule has 9 heteroatoms. The number of hydrogen-bond donors (Lipinski definition) is 1. The van der Waals surface area contributed by atoms with Gasteiger partial charge >= 0.3 is 6.03 Å². The lowest BCUT2D eigenvalue weighted by molar-refractivity contribution is 0.162. The second-order valence-corrected chi connectivity index (χ2v) is 8.97. The number of hydrogen-bond acceptors (Lipinski definition) is 4. The van der Waals surface area contributed by atoms with E-state index in [0.29, 0.717) is 25.2 Å². The van der Waals surface area contributed by atoms with Crippen molar-refractivity contribution in [2.24, 2.45) is 7.05 Å². The fraction of sp³-hybridized carbons (Fsp3) is 0.750. The van der Waals surface area contributed by atoms with E-state index in [4.69, 9.17) is 0 Å². The Morgan fingerprint density at radius 2 is 1.88 bits per heavy atom. The Bertz CT molecular complexity index is 713. The van der Waals surface area contributed by atoms with Gasteiger partial charge in [-0.15, -0.1) is 0 Å². The van der Waals surface area contributed by atoms with Gasteiger partial charge in [-0.3, -0.25) is 4.68 Å². The summed E-state index contributed by atoms with van der Waals surface area (Å²) >= 11 is 0. The van der Waals surface area contributed by atoms with E-state index in [1.54, 1.807) is 33.3 Å². The molecular formula is C16H27N5O3S. The third kappa shape index (κ3) is 4.33. The van der Waals surface area contributed by atoms with E-state index >= 15 is 0 Å². The Labute approximate surface area is 149 Å². The molecule has 1 saturated heterocycles. The van der Waals surface area contributed by atoms with Gasteiger partial charge in [0.25, 0.3) is 0 Å². The van der Waals surface area contributed by atoms with Crippen LogP contribution in [0.2, 0.25) is 0 Å². The smallest absolute Gasteiger partial charge is 0.321 e. The molecule has 3 rings (SSSR count). The molecular weight excluding hydrogens is 342 g/mol. The van der Waals surface area contributed by atoms with Gasteiger partial charge in [-0.05, 0) is 32.1 Å². The number of carbonyl (C=O) groups is 1. The zero-order valence-electron chi connectivity index (χ0n) is 14.9. The van der Waals surface area contributed by atoms with Crippen molar-refractivity contribution in [3.63, 3.8) is 0 Å². The van der Waals surface area contributed by atoms with Gasteiger partial charge in [-0.25, -0.2) is 13.2 Å². The third-order valence-electron chi connectivity index (χ3n) is 5.12. The lowest BCUT2D eigenvalue weighted by atomic mass is 9.91. The van der Waals surface area contributed by atoms with Crippen LogP contribution in [-0.2, 0) is 17.1 Å². The summed E-state index contributed by atoms with van der Waals surface area (Å²) in [5, 5.41) is 6.89. The molecule has 1 aliphatic heterocycles. The summed E-state index contributed by atoms with van der Waals surface area (Å²) in [7, 11) is -1.42. The number of nitrogens with one attached hydrogen (secondary N) is 1. The average Bonchev–Trinajstić information content (AvgIpc) is 2.74. The second kappa shape index (κ2) is 7.33. The summed E-state index contributed by atoms with van der Waals surface area (Å²) in [5.41, 5.74) is 0.667. The first-order chi connectivity index (χ1) is 11.8. The Balaban J connectivity index is 1.62. The van der Waals surface area contributed by atoms with Crippen molar-refractivity contribution < 1.29 is 13.2 Å². The minimum atomic E-state index is -3.22. The summed E-state index contributed by atoms with van der Waals surface area (Å²) in [6.45, 7) is 1.21. The first-order valence-electron chi connectivity index (χ1n) is 8.87. The lowest BCUT2D eigenvalue weighted by Gasteiger charge is -2.40. The molecule has 0 bridgehead atoms. The monoisotopic (exact) mass is 369 g/mol. The molecule has 140 valence electrons. The predicted molar refractivity (Wildman–Crippen MR) is 95.8 cm³/mol. The van der Waals surface area contributed by atoms with Crippen LogP contribution in [0.3, 0.4) is 0 Å². The number of nitrogens with zero attached hydrogens (tertiary/aromatic N) is 4. The van der Waals surface area contributed by atoms with Gasteiger partial charge in [0.2, 0.25) is 10.0 Å². The predicted octanol–water partition coefficient (Wildman–Crippen LogP) is 1.62. The third-order valence-corrected chi connectivity index (χ3v) is 6.48. The number of aromatic nitrogens is 2. The molecule has 8 nitrogen and oxygen atoms in total. The van der Waals surface area contributed by atoms with Crippen LogP contribution in [0, 0.1) is 0 Å². The molecule has 0 aromatic carbocycles. The summed E-state index contributed by atoms with van der Waals surface area (Å²) < 4.78 is 27.9. The summed E-state index contributed by atoms with van der Waals surface area (Å²) in [6, 6.07) is -0.00420. The van der Waals surface area contributed by atoms with Crippen LogP contribution < -0.4 is 5.32 Å². The highest BCUT2D eigenvalue weighted by molar-refractivity contribution is 7.88. The SMILES string of the molecule is Cn1cc(NC(=O)N2CCCC(N(C3CCC3)S(C)(=O)=O)CC2)cn1. The van der Waals surface area contributed by atoms with Gasteiger partial charge in [0.1, 0.15) is 0 Å². The van der Waals surface area contributed by atoms with Crippen molar-refractivity contribution in [3.05, 3.63) is 12.4 Å². The number of anilines is 1. The average molecular weight is 369 g/mol. The zero-order chi connectivity index (χ0) is 18.0. The van der Waals surface area contributed by atoms with E-state index in [1.165, 1.54) is 6.26 Å². The summed E-state index contributed by atoms with van der Waals surface area (Å²) in [4.78, 5) is 14.2. The Kier molecular flexibility index (Phi) is 5.33. The fourth-order valence-electron chi connectivity index (χ4n) is 3.71. The first-order valence-corrected chi connectivity index (χ1v) is 10.7. The number of amides is 2. The molecule has 2 fully saturated rings. The number of carbonyl (C=O) groups excluding carboxylic acids is 1. The van der Waals surface area contributed by atoms with Crippen molar-refractivity contribution in [1.82, 2.24) is 19.0 Å². The molecule has 1 saturated carbocycles. The van der Waals surface area contributed by atoms with Gasteiger partial charge in [0.05, 0.1) is 18.1 Å². The molecule has 2 amide bonds. The fourth-order valence-corrected chi connectivity index (χ4v) is 5.21. The molecule has 1 aromatic heterocycles. The normalized spacial score (nSPS) is 22.5. The van der Waals surface area contributed by atoms with Crippen LogP contribution >= 0.6 is 0 Å². The van der Waals surface area contributed by atoms with Crippen LogP contribution in [0.5, 0.6) is 0 Å². The molecule has 25 heavy (non-hydrogen) atoms. The van der Waals surface area contributed by atoms with Crippen LogP contribution in [-0.4, -0.2) is 64.9 Å². The number of aryl methyl sites for hydroxylation is 1. The Hall–Kier alpha value is -1.61. The maximum absolute atomic E-state index is 12.5. The van der Waals surface area contributed by atoms with Crippen molar-refractivity contribution >= 4 is 21.7 Å². The maximum atomic E-state index is 12.5. The maximum Gasteiger partial charge on any atom is 0.321 e. The molecule has 2 aliphatic rings. The van der Waals surface area contributed by atoms with Gasteiger partial charge in [-0.1, -0.05) is 6.42 Å². The van der Waals surface area contributed by atoms with Gasteiger partial charge in [0, 0.05) is 38.4 Å². The molecule has 1 N–H and O–H groups in total. The van der Waals surface area contributed by atoms with E-state index in [2.05, 4.69) is 10.4 Å². The Morgan fingerprint density at radius 1 is 1.20 bits per heavy atom. The summed E-state index contributed by atoms with van der Waals surface area (Å²) in [6.07, 6.45) is 9.98. The second-order valence-electron chi connectivity index (χ2n) is 7.08.